The molecule has 3 saturated heterocycles. The van der Waals surface area contributed by atoms with Crippen molar-refractivity contribution in [2.24, 2.45) is 11.3 Å². The molecule has 4 aromatic rings. The van der Waals surface area contributed by atoms with Crippen LogP contribution in [0.5, 0.6) is 0 Å². The van der Waals surface area contributed by atoms with Gasteiger partial charge in [0.05, 0.1) is 28.3 Å². The highest BCUT2D eigenvalue weighted by atomic mass is 16.8. The van der Waals surface area contributed by atoms with Gasteiger partial charge in [0.1, 0.15) is 12.1 Å². The second-order valence-electron chi connectivity index (χ2n) is 19.1. The number of rotatable bonds is 8. The third-order valence-corrected chi connectivity index (χ3v) is 13.9. The molecule has 3 fully saturated rings. The highest BCUT2D eigenvalue weighted by Gasteiger charge is 2.42. The number of methoxy groups -OCH3 is 1. The number of nitrogens with one attached hydrogen (secondary N) is 2. The van der Waals surface area contributed by atoms with Crippen molar-refractivity contribution in [3.8, 4) is 22.4 Å². The van der Waals surface area contributed by atoms with Gasteiger partial charge in [-0.15, -0.1) is 0 Å². The normalized spacial score (nSPS) is 23.1. The lowest BCUT2D eigenvalue weighted by atomic mass is 9.84. The van der Waals surface area contributed by atoms with Gasteiger partial charge in [-0.05, 0) is 98.5 Å². The van der Waals surface area contributed by atoms with Gasteiger partial charge in [-0.2, -0.15) is 5.43 Å². The number of aromatic nitrogens is 2. The summed E-state index contributed by atoms with van der Waals surface area (Å²) >= 11 is 0. The molecule has 0 radical (unpaired) electrons. The molecule has 8 rings (SSSR count). The molecule has 6 heterocycles. The largest absolute Gasteiger partial charge is 0.375 e. The first kappa shape index (κ1) is 46.6. The fraction of sp³-hybridized carbons (Fsp3) is 0.510. The van der Waals surface area contributed by atoms with Crippen LogP contribution in [0.25, 0.3) is 33.3 Å². The van der Waals surface area contributed by atoms with E-state index < -0.39 is 35.5 Å². The fourth-order valence-electron chi connectivity index (χ4n) is 10.3. The third-order valence-electron chi connectivity index (χ3n) is 13.9. The van der Waals surface area contributed by atoms with Gasteiger partial charge in [-0.1, -0.05) is 63.6 Å². The maximum Gasteiger partial charge on any atom is 0.326 e. The number of hydrogen-bond acceptors (Lipinski definition) is 9. The Hall–Kier alpha value is -5.93. The number of carbonyl (C=O) groups excluding carboxylic acids is 4. The molecular weight excluding hydrogens is 837 g/mol. The number of hydrogen-bond donors (Lipinski definition) is 2. The molecule has 2 aromatic heterocycles. The van der Waals surface area contributed by atoms with Crippen LogP contribution < -0.4 is 10.7 Å². The van der Waals surface area contributed by atoms with E-state index in [2.05, 4.69) is 79.1 Å². The summed E-state index contributed by atoms with van der Waals surface area (Å²) in [4.78, 5) is 84.5. The van der Waals surface area contributed by atoms with Crippen LogP contribution >= 0.6 is 0 Å². The Morgan fingerprint density at radius 3 is 2.64 bits per heavy atom. The van der Waals surface area contributed by atoms with Gasteiger partial charge in [0.2, 0.25) is 22.6 Å². The topological polar surface area (TPSA) is 158 Å². The van der Waals surface area contributed by atoms with Crippen molar-refractivity contribution in [3.63, 3.8) is 0 Å². The Kier molecular flexibility index (Phi) is 14.0. The molecule has 5 atom stereocenters. The number of fused-ring (bicyclic) bond motifs is 6. The molecule has 2 N–H and O–H groups in total. The summed E-state index contributed by atoms with van der Waals surface area (Å²) < 4.78 is 8.16. The highest BCUT2D eigenvalue weighted by molar-refractivity contribution is 5.96. The van der Waals surface area contributed by atoms with E-state index in [-0.39, 0.29) is 43.4 Å². The van der Waals surface area contributed by atoms with Gasteiger partial charge in [0, 0.05) is 80.8 Å². The van der Waals surface area contributed by atoms with E-state index >= 15 is 0 Å². The van der Waals surface area contributed by atoms with Gasteiger partial charge >= 0.3 is 6.17 Å². The molecule has 4 aliphatic heterocycles. The molecular formula is C51H65N8O7+. The van der Waals surface area contributed by atoms with Crippen LogP contribution in [-0.4, -0.2) is 111 Å². The summed E-state index contributed by atoms with van der Waals surface area (Å²) in [6.07, 6.45) is 7.04. The minimum Gasteiger partial charge on any atom is -0.375 e. The number of benzene rings is 2. The molecule has 15 heteroatoms. The lowest BCUT2D eigenvalue weighted by Crippen LogP contribution is -2.62. The van der Waals surface area contributed by atoms with Crippen molar-refractivity contribution in [2.75, 3.05) is 39.9 Å². The molecule has 4 aliphatic rings. The monoisotopic (exact) mass is 901 g/mol. The smallest absolute Gasteiger partial charge is 0.326 e. The first-order valence-corrected chi connectivity index (χ1v) is 23.7. The molecule has 66 heavy (non-hydrogen) atoms. The molecule has 15 nitrogen and oxygen atoms in total. The summed E-state index contributed by atoms with van der Waals surface area (Å²) in [5.41, 5.74) is 10.5. The molecule has 0 unspecified atom stereocenters. The first-order chi connectivity index (χ1) is 31.8. The minimum absolute atomic E-state index is 0.107. The Bertz CT molecular complexity index is 2500. The van der Waals surface area contributed by atoms with E-state index in [0.29, 0.717) is 63.2 Å². The number of likely N-dealkylation sites (tertiary alicyclic amines) is 2. The Labute approximate surface area is 387 Å². The Morgan fingerprint density at radius 2 is 1.85 bits per heavy atom. The second kappa shape index (κ2) is 19.9. The van der Waals surface area contributed by atoms with E-state index in [1.807, 2.05) is 25.1 Å². The van der Waals surface area contributed by atoms with Gasteiger partial charge in [0.15, 0.2) is 6.61 Å². The summed E-state index contributed by atoms with van der Waals surface area (Å²) in [5, 5.41) is 5.64. The number of carbonyl (C=O) groups is 4. The number of nitrogens with zero attached hydrogens (tertiary/aromatic N) is 6. The molecule has 6 bridgehead atoms. The van der Waals surface area contributed by atoms with Crippen molar-refractivity contribution in [2.45, 2.75) is 116 Å². The molecule has 4 amide bonds. The van der Waals surface area contributed by atoms with Crippen LogP contribution in [0.3, 0.4) is 0 Å². The number of hydrazine groups is 1. The van der Waals surface area contributed by atoms with E-state index in [0.717, 1.165) is 69.4 Å². The van der Waals surface area contributed by atoms with E-state index in [1.165, 1.54) is 11.1 Å². The van der Waals surface area contributed by atoms with Crippen LogP contribution in [0.2, 0.25) is 0 Å². The molecule has 0 aliphatic carbocycles. The SMILES string of the molecule is C=CC(=O)N1CC[C@H](C(=O)N2CCCCC[C@H]2C(=O)N[C@H]2Cc3cccc(c3)-c3ccc4c(c3)c(c(-c3cccnc3[C@H](C)OC)n4CC)CC(C)(C)CO[N+](=O)[C@@H]3CCCN(N3)C2=O)C1. The lowest BCUT2D eigenvalue weighted by Gasteiger charge is -2.34. The van der Waals surface area contributed by atoms with Gasteiger partial charge < -0.3 is 24.4 Å². The number of aryl methyl sites for hydroxylation is 1. The first-order valence-electron chi connectivity index (χ1n) is 23.7. The maximum atomic E-state index is 14.7. The van der Waals surface area contributed by atoms with Crippen molar-refractivity contribution in [1.82, 2.24) is 35.1 Å². The fourth-order valence-corrected chi connectivity index (χ4v) is 10.3. The minimum atomic E-state index is -1.02. The van der Waals surface area contributed by atoms with Crippen molar-refractivity contribution < 1.29 is 33.7 Å². The zero-order chi connectivity index (χ0) is 46.7. The number of pyridine rings is 1. The average molecular weight is 902 g/mol. The lowest BCUT2D eigenvalue weighted by molar-refractivity contribution is -0.835. The van der Waals surface area contributed by atoms with E-state index in [9.17, 15) is 24.1 Å². The zero-order valence-electron chi connectivity index (χ0n) is 39.1. The van der Waals surface area contributed by atoms with Crippen LogP contribution in [0.1, 0.15) is 95.6 Å². The van der Waals surface area contributed by atoms with Crippen LogP contribution in [0, 0.1) is 16.2 Å². The van der Waals surface area contributed by atoms with Crippen molar-refractivity contribution in [1.29, 1.82) is 0 Å². The van der Waals surface area contributed by atoms with E-state index in [4.69, 9.17) is 14.6 Å². The molecule has 0 spiro atoms. The zero-order valence-corrected chi connectivity index (χ0v) is 39.1. The van der Waals surface area contributed by atoms with Gasteiger partial charge in [-0.25, -0.2) is 4.84 Å². The quantitative estimate of drug-likeness (QED) is 0.184. The van der Waals surface area contributed by atoms with Crippen molar-refractivity contribution >= 4 is 34.5 Å². The average Bonchev–Trinajstić information content (AvgIpc) is 3.85. The summed E-state index contributed by atoms with van der Waals surface area (Å²) in [7, 11) is 1.69. The highest BCUT2D eigenvalue weighted by Crippen LogP contribution is 2.42. The Morgan fingerprint density at radius 1 is 1.03 bits per heavy atom. The standard InChI is InChI=1S/C51H64N8O7/c1-7-45(60)55-26-22-37(31-55)49(62)57-24-11-9-10-18-43(57)48(61)53-41-28-34-15-12-16-35(27-34)36-20-21-42-39(29-36)40(47(56(42)8-2)38-17-13-23-52-46(38)33(3)65-6)30-51(4,5)32-66-59(64)44-19-14-25-58(54-44)50(41)63/h7,12-13,15-17,20-21,23,27,29,33,37,41,43-44,54H,1,8-11,14,18-19,22,24-26,28,30-32H2,2-6H3/p+1/t33-,37-,41-,43-,44+/m0/s1. The van der Waals surface area contributed by atoms with Crippen LogP contribution in [0.4, 0.5) is 0 Å². The number of ether oxygens (including phenoxy) is 1. The second-order valence-corrected chi connectivity index (χ2v) is 19.1. The summed E-state index contributed by atoms with van der Waals surface area (Å²) in [5.74, 6) is -1.56. The number of amides is 4. The van der Waals surface area contributed by atoms with Gasteiger partial charge in [0.25, 0.3) is 5.91 Å². The predicted octanol–water partition coefficient (Wildman–Crippen LogP) is 6.68. The maximum absolute atomic E-state index is 14.7. The van der Waals surface area contributed by atoms with Crippen LogP contribution in [0.15, 0.2) is 73.4 Å². The van der Waals surface area contributed by atoms with E-state index in [1.54, 1.807) is 23.1 Å². The van der Waals surface area contributed by atoms with Crippen LogP contribution in [-0.2, 0) is 48.1 Å². The summed E-state index contributed by atoms with van der Waals surface area (Å²) in [6, 6.07) is 16.9. The third kappa shape index (κ3) is 9.64. The van der Waals surface area contributed by atoms with Crippen molar-refractivity contribution in [3.05, 3.63) is 95.2 Å². The molecule has 0 saturated carbocycles. The summed E-state index contributed by atoms with van der Waals surface area (Å²) in [6.45, 7) is 14.2. The molecule has 2 aromatic carbocycles. The van der Waals surface area contributed by atoms with Gasteiger partial charge in [-0.3, -0.25) is 29.2 Å². The Balaban J connectivity index is 1.18. The predicted molar refractivity (Wildman–Crippen MR) is 251 cm³/mol. The molecule has 350 valence electrons.